The highest BCUT2D eigenvalue weighted by molar-refractivity contribution is 5.80. The number of carboxylic acid groups (broad SMARTS) is 1. The van der Waals surface area contributed by atoms with Crippen LogP contribution in [0.4, 0.5) is 0 Å². The van der Waals surface area contributed by atoms with Crippen LogP contribution in [-0.2, 0) is 16.1 Å². The summed E-state index contributed by atoms with van der Waals surface area (Å²) in [7, 11) is 0. The van der Waals surface area contributed by atoms with Crippen LogP contribution in [0.5, 0.6) is 0 Å². The lowest BCUT2D eigenvalue weighted by Crippen LogP contribution is -2.23. The van der Waals surface area contributed by atoms with Gasteiger partial charge in [-0.3, -0.25) is 9.59 Å². The topological polar surface area (TPSA) is 66.4 Å². The number of carbonyl (C=O) groups is 2. The van der Waals surface area contributed by atoms with Gasteiger partial charge >= 0.3 is 5.97 Å². The Bertz CT molecular complexity index is 335. The monoisotopic (exact) mass is 207 g/mol. The molecule has 1 aromatic carbocycles. The van der Waals surface area contributed by atoms with Crippen molar-refractivity contribution in [2.75, 3.05) is 0 Å². The zero-order valence-electron chi connectivity index (χ0n) is 8.27. The van der Waals surface area contributed by atoms with Gasteiger partial charge in [0.25, 0.3) is 0 Å². The molecule has 0 unspecified atom stereocenters. The van der Waals surface area contributed by atoms with Crippen LogP contribution in [0.2, 0.25) is 0 Å². The number of carbonyl (C=O) groups excluding carboxylic acids is 1. The molecule has 0 saturated heterocycles. The molecule has 15 heavy (non-hydrogen) atoms. The molecule has 1 aromatic rings. The SMILES string of the molecule is O=C(O)CCC(=O)NCc1ccccc1. The molecule has 2 N–H and O–H groups in total. The molecular weight excluding hydrogens is 194 g/mol. The number of rotatable bonds is 5. The van der Waals surface area contributed by atoms with Crippen LogP contribution < -0.4 is 5.32 Å². The predicted molar refractivity (Wildman–Crippen MR) is 55.2 cm³/mol. The van der Waals surface area contributed by atoms with Gasteiger partial charge in [0.15, 0.2) is 0 Å². The van der Waals surface area contributed by atoms with Crippen molar-refractivity contribution < 1.29 is 14.7 Å². The molecule has 1 amide bonds. The minimum atomic E-state index is -0.954. The molecule has 4 heteroatoms. The van der Waals surface area contributed by atoms with E-state index in [0.717, 1.165) is 5.56 Å². The fourth-order valence-electron chi connectivity index (χ4n) is 1.11. The zero-order chi connectivity index (χ0) is 11.1. The maximum atomic E-state index is 11.1. The first kappa shape index (κ1) is 11.2. The van der Waals surface area contributed by atoms with Crippen molar-refractivity contribution in [2.45, 2.75) is 19.4 Å². The normalized spacial score (nSPS) is 9.60. The third-order valence-corrected chi connectivity index (χ3v) is 1.90. The van der Waals surface area contributed by atoms with Gasteiger partial charge in [0.1, 0.15) is 0 Å². The van der Waals surface area contributed by atoms with Gasteiger partial charge in [0.05, 0.1) is 6.42 Å². The van der Waals surface area contributed by atoms with Crippen molar-refractivity contribution in [3.8, 4) is 0 Å². The van der Waals surface area contributed by atoms with Gasteiger partial charge in [-0.1, -0.05) is 30.3 Å². The van der Waals surface area contributed by atoms with Crippen molar-refractivity contribution in [3.05, 3.63) is 35.9 Å². The summed E-state index contributed by atoms with van der Waals surface area (Å²) in [4.78, 5) is 21.3. The number of carboxylic acids is 1. The number of nitrogens with one attached hydrogen (secondary N) is 1. The highest BCUT2D eigenvalue weighted by atomic mass is 16.4. The van der Waals surface area contributed by atoms with Gasteiger partial charge in [-0.05, 0) is 5.56 Å². The summed E-state index contributed by atoms with van der Waals surface area (Å²) in [6, 6.07) is 9.47. The van der Waals surface area contributed by atoms with E-state index in [0.29, 0.717) is 6.54 Å². The molecule has 4 nitrogen and oxygen atoms in total. The molecule has 0 aliphatic heterocycles. The third kappa shape index (κ3) is 4.81. The second kappa shape index (κ2) is 5.80. The van der Waals surface area contributed by atoms with E-state index in [1.54, 1.807) is 0 Å². The number of hydrogen-bond donors (Lipinski definition) is 2. The molecular formula is C11H13NO3. The van der Waals surface area contributed by atoms with Crippen LogP contribution >= 0.6 is 0 Å². The molecule has 80 valence electrons. The summed E-state index contributed by atoms with van der Waals surface area (Å²) in [5.74, 6) is -1.19. The fourth-order valence-corrected chi connectivity index (χ4v) is 1.11. The summed E-state index contributed by atoms with van der Waals surface area (Å²) in [5.41, 5.74) is 1.00. The Morgan fingerprint density at radius 2 is 1.80 bits per heavy atom. The van der Waals surface area contributed by atoms with E-state index < -0.39 is 5.97 Å². The maximum absolute atomic E-state index is 11.1. The Morgan fingerprint density at radius 3 is 2.40 bits per heavy atom. The molecule has 0 heterocycles. The van der Waals surface area contributed by atoms with Gasteiger partial charge in [0.2, 0.25) is 5.91 Å². The van der Waals surface area contributed by atoms with E-state index in [4.69, 9.17) is 5.11 Å². The lowest BCUT2D eigenvalue weighted by molar-refractivity contribution is -0.138. The summed E-state index contributed by atoms with van der Waals surface area (Å²) >= 11 is 0. The van der Waals surface area contributed by atoms with Crippen LogP contribution in [0.1, 0.15) is 18.4 Å². The summed E-state index contributed by atoms with van der Waals surface area (Å²) in [5, 5.41) is 11.0. The van der Waals surface area contributed by atoms with Gasteiger partial charge in [-0.15, -0.1) is 0 Å². The predicted octanol–water partition coefficient (Wildman–Crippen LogP) is 1.17. The van der Waals surface area contributed by atoms with Crippen LogP contribution in [0.3, 0.4) is 0 Å². The largest absolute Gasteiger partial charge is 0.481 e. The molecule has 0 fully saturated rings. The minimum Gasteiger partial charge on any atom is -0.481 e. The van der Waals surface area contributed by atoms with E-state index in [1.807, 2.05) is 30.3 Å². The summed E-state index contributed by atoms with van der Waals surface area (Å²) < 4.78 is 0. The van der Waals surface area contributed by atoms with E-state index >= 15 is 0 Å². The first-order valence-corrected chi connectivity index (χ1v) is 4.71. The Labute approximate surface area is 87.9 Å². The molecule has 0 bridgehead atoms. The average molecular weight is 207 g/mol. The van der Waals surface area contributed by atoms with Gasteiger partial charge < -0.3 is 10.4 Å². The molecule has 0 radical (unpaired) electrons. The van der Waals surface area contributed by atoms with Gasteiger partial charge in [-0.2, -0.15) is 0 Å². The van der Waals surface area contributed by atoms with Crippen molar-refractivity contribution in [2.24, 2.45) is 0 Å². The van der Waals surface area contributed by atoms with E-state index in [-0.39, 0.29) is 18.7 Å². The van der Waals surface area contributed by atoms with Crippen molar-refractivity contribution in [1.29, 1.82) is 0 Å². The second-order valence-corrected chi connectivity index (χ2v) is 3.16. The summed E-state index contributed by atoms with van der Waals surface area (Å²) in [6.07, 6.45) is -0.0945. The summed E-state index contributed by atoms with van der Waals surface area (Å²) in [6.45, 7) is 0.444. The van der Waals surface area contributed by atoms with Gasteiger partial charge in [-0.25, -0.2) is 0 Å². The van der Waals surface area contributed by atoms with Crippen LogP contribution in [0.15, 0.2) is 30.3 Å². The number of amides is 1. The van der Waals surface area contributed by atoms with Crippen molar-refractivity contribution in [3.63, 3.8) is 0 Å². The molecule has 0 aromatic heterocycles. The van der Waals surface area contributed by atoms with Crippen molar-refractivity contribution in [1.82, 2.24) is 5.32 Å². The second-order valence-electron chi connectivity index (χ2n) is 3.16. The molecule has 0 atom stereocenters. The molecule has 0 spiro atoms. The van der Waals surface area contributed by atoms with Gasteiger partial charge in [0, 0.05) is 13.0 Å². The highest BCUT2D eigenvalue weighted by Crippen LogP contribution is 1.98. The number of aliphatic carboxylic acids is 1. The number of benzene rings is 1. The maximum Gasteiger partial charge on any atom is 0.303 e. The minimum absolute atomic E-state index is 0.0299. The third-order valence-electron chi connectivity index (χ3n) is 1.90. The Morgan fingerprint density at radius 1 is 1.13 bits per heavy atom. The van der Waals surface area contributed by atoms with Crippen LogP contribution in [-0.4, -0.2) is 17.0 Å². The number of hydrogen-bond acceptors (Lipinski definition) is 2. The Balaban J connectivity index is 2.26. The first-order chi connectivity index (χ1) is 7.18. The zero-order valence-corrected chi connectivity index (χ0v) is 8.27. The van der Waals surface area contributed by atoms with Crippen molar-refractivity contribution >= 4 is 11.9 Å². The Hall–Kier alpha value is -1.84. The Kier molecular flexibility index (Phi) is 4.34. The fraction of sp³-hybridized carbons (Fsp3) is 0.273. The lowest BCUT2D eigenvalue weighted by atomic mass is 10.2. The quantitative estimate of drug-likeness (QED) is 0.761. The lowest BCUT2D eigenvalue weighted by Gasteiger charge is -2.03. The molecule has 0 aliphatic rings. The molecule has 0 aliphatic carbocycles. The molecule has 0 saturated carbocycles. The van der Waals surface area contributed by atoms with E-state index in [2.05, 4.69) is 5.32 Å². The average Bonchev–Trinajstić information content (AvgIpc) is 2.25. The van der Waals surface area contributed by atoms with E-state index in [1.165, 1.54) is 0 Å². The molecule has 1 rings (SSSR count). The van der Waals surface area contributed by atoms with E-state index in [9.17, 15) is 9.59 Å². The van der Waals surface area contributed by atoms with Crippen LogP contribution in [0, 0.1) is 0 Å². The first-order valence-electron chi connectivity index (χ1n) is 4.71. The smallest absolute Gasteiger partial charge is 0.303 e. The standard InChI is InChI=1S/C11H13NO3/c13-10(6-7-11(14)15)12-8-9-4-2-1-3-5-9/h1-5H,6-8H2,(H,12,13)(H,14,15). The van der Waals surface area contributed by atoms with Crippen LogP contribution in [0.25, 0.3) is 0 Å². The highest BCUT2D eigenvalue weighted by Gasteiger charge is 2.04.